The lowest BCUT2D eigenvalue weighted by molar-refractivity contribution is -0.376. The van der Waals surface area contributed by atoms with Crippen molar-refractivity contribution in [1.29, 1.82) is 0 Å². The largest absolute Gasteiger partial charge is 0.479 e. The van der Waals surface area contributed by atoms with E-state index in [1.165, 1.54) is 0 Å². The van der Waals surface area contributed by atoms with E-state index in [1.54, 1.807) is 0 Å². The SMILES string of the molecule is CC(=O)N[C@@H]1[C@@H](O[C@@H]2O[C@H](CO[C@@H]3O[C@H](CO)[C@@H](O)[C@H](O)[C@H]3O)[C@H](O)[C@H](O[C@@H]3O[C@H](C(=O)O)[C@@H](O)[C@H](O)[C@H]3O)[C@H]2O)[C@@H](O)[C@@H](CO)O[C@@H]1O. The van der Waals surface area contributed by atoms with Gasteiger partial charge in [0.15, 0.2) is 31.3 Å². The number of nitrogens with one attached hydrogen (secondary N) is 1. The van der Waals surface area contributed by atoms with E-state index in [9.17, 15) is 76.0 Å². The quantitative estimate of drug-likeness (QED) is 0.0941. The summed E-state index contributed by atoms with van der Waals surface area (Å²) in [6.07, 6.45) is -36.3. The molecule has 284 valence electrons. The van der Waals surface area contributed by atoms with Gasteiger partial charge in [-0.2, -0.15) is 0 Å². The number of aliphatic hydroxyl groups excluding tert-OH is 12. The van der Waals surface area contributed by atoms with Gasteiger partial charge in [-0.1, -0.05) is 0 Å². The maximum Gasteiger partial charge on any atom is 0.335 e. The lowest BCUT2D eigenvalue weighted by Gasteiger charge is -2.48. The Hall–Kier alpha value is -1.82. The Bertz CT molecular complexity index is 1100. The predicted molar refractivity (Wildman–Crippen MR) is 146 cm³/mol. The van der Waals surface area contributed by atoms with Crippen LogP contribution >= 0.6 is 0 Å². The van der Waals surface area contributed by atoms with Gasteiger partial charge in [0.05, 0.1) is 19.8 Å². The number of carboxylic acid groups (broad SMARTS) is 1. The first-order valence-electron chi connectivity index (χ1n) is 15.1. The third kappa shape index (κ3) is 8.47. The van der Waals surface area contributed by atoms with Crippen LogP contribution in [0, 0.1) is 0 Å². The van der Waals surface area contributed by atoms with Gasteiger partial charge < -0.3 is 105 Å². The molecule has 23 nitrogen and oxygen atoms in total. The van der Waals surface area contributed by atoms with Gasteiger partial charge in [0.2, 0.25) is 5.91 Å². The van der Waals surface area contributed by atoms with E-state index < -0.39 is 154 Å². The van der Waals surface area contributed by atoms with E-state index in [2.05, 4.69) is 5.32 Å². The van der Waals surface area contributed by atoms with Gasteiger partial charge in [-0.05, 0) is 0 Å². The van der Waals surface area contributed by atoms with Gasteiger partial charge in [-0.25, -0.2) is 4.79 Å². The molecular formula is C26H43NO22. The molecule has 0 bridgehead atoms. The number of carbonyl (C=O) groups excluding carboxylic acids is 1. The molecule has 0 aromatic carbocycles. The van der Waals surface area contributed by atoms with Crippen molar-refractivity contribution < 1.29 is 109 Å². The standard InChI is InChI=1S/C26H43NO22/c1-5(30)27-9-19(11(32)7(3-29)44-23(9)42)47-26-18(39)20(48-25-17(38)14(35)15(36)21(49-25)22(40)41)12(33)8(46-26)4-43-24-16(37)13(34)10(31)6(2-28)45-24/h6-21,23-26,28-29,31-39,42H,2-4H2,1H3,(H,27,30)(H,40,41)/t6-,7-,8-,9-,10-,11+,12+,13+,14+,15+,16-,17-,18-,19-,20+,21+,23+,24-,25-,26+/m1/s1. The summed E-state index contributed by atoms with van der Waals surface area (Å²) in [5, 5.41) is 136. The second-order valence-electron chi connectivity index (χ2n) is 12.0. The zero-order valence-electron chi connectivity index (χ0n) is 25.7. The summed E-state index contributed by atoms with van der Waals surface area (Å²) < 4.78 is 37.9. The highest BCUT2D eigenvalue weighted by molar-refractivity contribution is 5.73. The first kappa shape index (κ1) is 40.0. The molecule has 4 heterocycles. The van der Waals surface area contributed by atoms with Crippen molar-refractivity contribution >= 4 is 11.9 Å². The Kier molecular flexibility index (Phi) is 13.6. The highest BCUT2D eigenvalue weighted by Crippen LogP contribution is 2.33. The minimum atomic E-state index is -2.17. The molecular weight excluding hydrogens is 678 g/mol. The van der Waals surface area contributed by atoms with E-state index in [1.807, 2.05) is 0 Å². The van der Waals surface area contributed by atoms with E-state index >= 15 is 0 Å². The number of aliphatic carboxylic acids is 1. The summed E-state index contributed by atoms with van der Waals surface area (Å²) in [6, 6.07) is -1.56. The van der Waals surface area contributed by atoms with Gasteiger partial charge in [0, 0.05) is 6.92 Å². The van der Waals surface area contributed by atoms with Crippen molar-refractivity contribution in [2.45, 2.75) is 130 Å². The Morgan fingerprint density at radius 1 is 0.592 bits per heavy atom. The molecule has 0 radical (unpaired) electrons. The summed E-state index contributed by atoms with van der Waals surface area (Å²) >= 11 is 0. The van der Waals surface area contributed by atoms with Crippen LogP contribution in [0.25, 0.3) is 0 Å². The van der Waals surface area contributed by atoms with Gasteiger partial charge in [-0.3, -0.25) is 4.79 Å². The van der Waals surface area contributed by atoms with Crippen LogP contribution in [0.15, 0.2) is 0 Å². The zero-order valence-corrected chi connectivity index (χ0v) is 25.7. The van der Waals surface area contributed by atoms with Crippen molar-refractivity contribution in [3.8, 4) is 0 Å². The van der Waals surface area contributed by atoms with Gasteiger partial charge in [0.1, 0.15) is 91.5 Å². The molecule has 4 aliphatic heterocycles. The molecule has 0 spiro atoms. The molecule has 0 aliphatic carbocycles. The molecule has 4 rings (SSSR count). The molecule has 14 N–H and O–H groups in total. The summed E-state index contributed by atoms with van der Waals surface area (Å²) in [6.45, 7) is -1.43. The molecule has 0 aromatic rings. The van der Waals surface area contributed by atoms with Crippen LogP contribution in [0.3, 0.4) is 0 Å². The summed E-state index contributed by atoms with van der Waals surface area (Å²) in [4.78, 5) is 23.5. The van der Waals surface area contributed by atoms with E-state index in [4.69, 9.17) is 33.2 Å². The first-order valence-corrected chi connectivity index (χ1v) is 15.1. The first-order chi connectivity index (χ1) is 23.0. The normalized spacial score (nSPS) is 49.3. The molecule has 4 aliphatic rings. The Balaban J connectivity index is 1.62. The predicted octanol–water partition coefficient (Wildman–Crippen LogP) is -9.51. The Morgan fingerprint density at radius 2 is 1.10 bits per heavy atom. The average molecular weight is 722 g/mol. The summed E-state index contributed by atoms with van der Waals surface area (Å²) in [5.41, 5.74) is 0. The summed E-state index contributed by atoms with van der Waals surface area (Å²) in [5.74, 6) is -2.51. The smallest absolute Gasteiger partial charge is 0.335 e. The van der Waals surface area contributed by atoms with Crippen molar-refractivity contribution in [3.63, 3.8) is 0 Å². The minimum absolute atomic E-state index is 0.736. The third-order valence-corrected chi connectivity index (χ3v) is 8.55. The Labute approximate surface area is 276 Å². The molecule has 4 saturated heterocycles. The van der Waals surface area contributed by atoms with E-state index in [0.29, 0.717) is 0 Å². The molecule has 4 fully saturated rings. The lowest BCUT2D eigenvalue weighted by atomic mass is 9.95. The van der Waals surface area contributed by atoms with Gasteiger partial charge in [-0.15, -0.1) is 0 Å². The summed E-state index contributed by atoms with van der Waals surface area (Å²) in [7, 11) is 0. The molecule has 0 aromatic heterocycles. The monoisotopic (exact) mass is 721 g/mol. The Morgan fingerprint density at radius 3 is 1.69 bits per heavy atom. The van der Waals surface area contributed by atoms with Crippen LogP contribution in [0.2, 0.25) is 0 Å². The number of carboxylic acids is 1. The van der Waals surface area contributed by atoms with Crippen LogP contribution in [-0.2, 0) is 42.7 Å². The average Bonchev–Trinajstić information content (AvgIpc) is 3.05. The number of hydrogen-bond donors (Lipinski definition) is 14. The maximum atomic E-state index is 11.9. The minimum Gasteiger partial charge on any atom is -0.479 e. The second-order valence-corrected chi connectivity index (χ2v) is 12.0. The molecule has 1 amide bonds. The molecule has 23 heteroatoms. The van der Waals surface area contributed by atoms with Crippen LogP contribution in [0.4, 0.5) is 0 Å². The number of ether oxygens (including phenoxy) is 7. The van der Waals surface area contributed by atoms with Crippen molar-refractivity contribution in [2.24, 2.45) is 0 Å². The lowest BCUT2D eigenvalue weighted by Crippen LogP contribution is -2.68. The number of hydrogen-bond acceptors (Lipinski definition) is 21. The fraction of sp³-hybridized carbons (Fsp3) is 0.923. The van der Waals surface area contributed by atoms with Gasteiger partial charge in [0.25, 0.3) is 0 Å². The van der Waals surface area contributed by atoms with Crippen LogP contribution in [0.5, 0.6) is 0 Å². The molecule has 49 heavy (non-hydrogen) atoms. The molecule has 0 saturated carbocycles. The van der Waals surface area contributed by atoms with Crippen LogP contribution in [0.1, 0.15) is 6.92 Å². The van der Waals surface area contributed by atoms with E-state index in [0.717, 1.165) is 6.92 Å². The maximum absolute atomic E-state index is 11.9. The van der Waals surface area contributed by atoms with Gasteiger partial charge >= 0.3 is 5.97 Å². The molecule has 20 atom stereocenters. The fourth-order valence-electron chi connectivity index (χ4n) is 5.82. The molecule has 0 unspecified atom stereocenters. The number of aliphatic hydroxyl groups is 12. The fourth-order valence-corrected chi connectivity index (χ4v) is 5.82. The number of amides is 1. The number of carbonyl (C=O) groups is 2. The topological polar surface area (TPSA) is 374 Å². The van der Waals surface area contributed by atoms with Crippen molar-refractivity contribution in [2.75, 3.05) is 19.8 Å². The third-order valence-electron chi connectivity index (χ3n) is 8.55. The van der Waals surface area contributed by atoms with Crippen molar-refractivity contribution in [3.05, 3.63) is 0 Å². The highest BCUT2D eigenvalue weighted by Gasteiger charge is 2.55. The van der Waals surface area contributed by atoms with E-state index in [-0.39, 0.29) is 0 Å². The van der Waals surface area contributed by atoms with Crippen LogP contribution in [-0.4, -0.2) is 221 Å². The highest BCUT2D eigenvalue weighted by atomic mass is 16.8. The van der Waals surface area contributed by atoms with Crippen molar-refractivity contribution in [1.82, 2.24) is 5.32 Å². The second kappa shape index (κ2) is 16.7. The number of rotatable bonds is 11. The zero-order chi connectivity index (χ0) is 36.5. The van der Waals surface area contributed by atoms with Crippen LogP contribution < -0.4 is 5.32 Å².